The van der Waals surface area contributed by atoms with Crippen LogP contribution in [0.4, 0.5) is 10.8 Å². The SMILES string of the molecule is Oc1nc(N2CCOCC2)sc1C=C1C=Nc2ccc(Br)cc21. The van der Waals surface area contributed by atoms with E-state index in [4.69, 9.17) is 4.74 Å². The number of thiazole rings is 1. The fourth-order valence-electron chi connectivity index (χ4n) is 2.61. The Morgan fingerprint density at radius 2 is 2.13 bits per heavy atom. The van der Waals surface area contributed by atoms with Gasteiger partial charge in [0.25, 0.3) is 0 Å². The predicted molar refractivity (Wildman–Crippen MR) is 97.0 cm³/mol. The van der Waals surface area contributed by atoms with E-state index in [-0.39, 0.29) is 5.88 Å². The van der Waals surface area contributed by atoms with E-state index in [1.54, 1.807) is 0 Å². The predicted octanol–water partition coefficient (Wildman–Crippen LogP) is 3.70. The molecule has 2 aromatic rings. The molecule has 0 aliphatic carbocycles. The average Bonchev–Trinajstić information content (AvgIpc) is 3.13. The number of hydrogen-bond acceptors (Lipinski definition) is 6. The molecule has 0 unspecified atom stereocenters. The van der Waals surface area contributed by atoms with Crippen LogP contribution in [0.5, 0.6) is 5.88 Å². The standard InChI is InChI=1S/C16H14BrN3O2S/c17-11-1-2-13-12(8-11)10(9-18-13)7-14-15(21)19-16(23-14)20-3-5-22-6-4-20/h1-2,7-9,21H,3-6H2. The lowest BCUT2D eigenvalue weighted by atomic mass is 10.1. The summed E-state index contributed by atoms with van der Waals surface area (Å²) in [5.41, 5.74) is 2.98. The molecule has 2 aliphatic rings. The first-order chi connectivity index (χ1) is 11.2. The van der Waals surface area contributed by atoms with Crippen LogP contribution in [0.2, 0.25) is 0 Å². The zero-order valence-corrected chi connectivity index (χ0v) is 14.6. The van der Waals surface area contributed by atoms with Crippen LogP contribution in [0.25, 0.3) is 11.6 Å². The largest absolute Gasteiger partial charge is 0.492 e. The highest BCUT2D eigenvalue weighted by Crippen LogP contribution is 2.38. The highest BCUT2D eigenvalue weighted by atomic mass is 79.9. The van der Waals surface area contributed by atoms with Crippen molar-refractivity contribution in [1.29, 1.82) is 0 Å². The molecular weight excluding hydrogens is 378 g/mol. The van der Waals surface area contributed by atoms with E-state index >= 15 is 0 Å². The molecule has 0 saturated carbocycles. The van der Waals surface area contributed by atoms with E-state index < -0.39 is 0 Å². The molecule has 0 atom stereocenters. The summed E-state index contributed by atoms with van der Waals surface area (Å²) in [6.07, 6.45) is 3.77. The lowest BCUT2D eigenvalue weighted by molar-refractivity contribution is 0.122. The van der Waals surface area contributed by atoms with Crippen LogP contribution in [-0.2, 0) is 4.74 Å². The van der Waals surface area contributed by atoms with E-state index in [1.165, 1.54) is 11.3 Å². The normalized spacial score (nSPS) is 18.7. The van der Waals surface area contributed by atoms with Gasteiger partial charge in [-0.25, -0.2) is 0 Å². The average molecular weight is 392 g/mol. The molecule has 3 heterocycles. The second kappa shape index (κ2) is 6.07. The number of nitrogens with zero attached hydrogens (tertiary/aromatic N) is 3. The third kappa shape index (κ3) is 2.91. The number of benzene rings is 1. The van der Waals surface area contributed by atoms with Crippen molar-refractivity contribution in [2.45, 2.75) is 0 Å². The summed E-state index contributed by atoms with van der Waals surface area (Å²) in [5, 5.41) is 11.0. The summed E-state index contributed by atoms with van der Waals surface area (Å²) in [5.74, 6) is 0.0702. The number of rotatable bonds is 2. The Balaban J connectivity index is 1.66. The van der Waals surface area contributed by atoms with Crippen LogP contribution in [0.15, 0.2) is 27.7 Å². The van der Waals surface area contributed by atoms with Gasteiger partial charge in [-0.3, -0.25) is 4.99 Å². The van der Waals surface area contributed by atoms with Crippen molar-refractivity contribution >= 4 is 55.9 Å². The van der Waals surface area contributed by atoms with E-state index in [9.17, 15) is 5.11 Å². The molecule has 1 aromatic heterocycles. The fraction of sp³-hybridized carbons (Fsp3) is 0.250. The Labute approximate surface area is 146 Å². The second-order valence-corrected chi connectivity index (χ2v) is 7.23. The molecular formula is C16H14BrN3O2S. The number of morpholine rings is 1. The first-order valence-corrected chi connectivity index (χ1v) is 8.90. The first kappa shape index (κ1) is 14.9. The van der Waals surface area contributed by atoms with Crippen molar-refractivity contribution in [3.63, 3.8) is 0 Å². The Kier molecular flexibility index (Phi) is 3.92. The molecule has 0 bridgehead atoms. The maximum atomic E-state index is 10.2. The minimum atomic E-state index is 0.0702. The third-order valence-electron chi connectivity index (χ3n) is 3.80. The second-order valence-electron chi connectivity index (χ2n) is 5.30. The Morgan fingerprint density at radius 3 is 2.96 bits per heavy atom. The zero-order chi connectivity index (χ0) is 15.8. The minimum absolute atomic E-state index is 0.0702. The van der Waals surface area contributed by atoms with Crippen molar-refractivity contribution in [3.05, 3.63) is 33.1 Å². The van der Waals surface area contributed by atoms with Gasteiger partial charge in [-0.2, -0.15) is 4.98 Å². The monoisotopic (exact) mass is 391 g/mol. The van der Waals surface area contributed by atoms with Crippen LogP contribution < -0.4 is 4.90 Å². The number of anilines is 1. The molecule has 23 heavy (non-hydrogen) atoms. The number of aromatic hydroxyl groups is 1. The van der Waals surface area contributed by atoms with Gasteiger partial charge in [0.15, 0.2) is 5.13 Å². The van der Waals surface area contributed by atoms with Gasteiger partial charge in [-0.1, -0.05) is 27.3 Å². The molecule has 0 radical (unpaired) electrons. The zero-order valence-electron chi connectivity index (χ0n) is 12.2. The number of fused-ring (bicyclic) bond motifs is 1. The summed E-state index contributed by atoms with van der Waals surface area (Å²) < 4.78 is 6.36. The lowest BCUT2D eigenvalue weighted by Crippen LogP contribution is -2.36. The molecule has 0 amide bonds. The maximum Gasteiger partial charge on any atom is 0.231 e. The smallest absolute Gasteiger partial charge is 0.231 e. The topological polar surface area (TPSA) is 58.0 Å². The number of halogens is 1. The van der Waals surface area contributed by atoms with Crippen molar-refractivity contribution < 1.29 is 9.84 Å². The summed E-state index contributed by atoms with van der Waals surface area (Å²) >= 11 is 4.98. The van der Waals surface area contributed by atoms with Gasteiger partial charge in [0.2, 0.25) is 5.88 Å². The highest BCUT2D eigenvalue weighted by Gasteiger charge is 2.19. The summed E-state index contributed by atoms with van der Waals surface area (Å²) in [7, 11) is 0. The molecule has 1 N–H and O–H groups in total. The number of aromatic nitrogens is 1. The van der Waals surface area contributed by atoms with E-state index in [2.05, 4.69) is 30.8 Å². The quantitative estimate of drug-likeness (QED) is 0.847. The Morgan fingerprint density at radius 1 is 1.30 bits per heavy atom. The molecule has 118 valence electrons. The molecule has 2 aliphatic heterocycles. The van der Waals surface area contributed by atoms with Gasteiger partial charge < -0.3 is 14.7 Å². The molecule has 1 fully saturated rings. The van der Waals surface area contributed by atoms with Crippen molar-refractivity contribution in [1.82, 2.24) is 4.98 Å². The number of allylic oxidation sites excluding steroid dienone is 1. The highest BCUT2D eigenvalue weighted by molar-refractivity contribution is 9.10. The van der Waals surface area contributed by atoms with Gasteiger partial charge in [0, 0.05) is 34.9 Å². The number of ether oxygens (including phenoxy) is 1. The van der Waals surface area contributed by atoms with E-state index in [1.807, 2.05) is 30.5 Å². The van der Waals surface area contributed by atoms with Gasteiger partial charge in [-0.15, -0.1) is 0 Å². The van der Waals surface area contributed by atoms with Crippen LogP contribution in [0.3, 0.4) is 0 Å². The Bertz CT molecular complexity index is 810. The maximum absolute atomic E-state index is 10.2. The first-order valence-electron chi connectivity index (χ1n) is 7.29. The molecule has 7 heteroatoms. The van der Waals surface area contributed by atoms with Crippen LogP contribution in [0.1, 0.15) is 10.4 Å². The third-order valence-corrected chi connectivity index (χ3v) is 5.35. The van der Waals surface area contributed by atoms with Crippen molar-refractivity contribution in [3.8, 4) is 5.88 Å². The van der Waals surface area contributed by atoms with Crippen LogP contribution in [-0.4, -0.2) is 42.6 Å². The van der Waals surface area contributed by atoms with Crippen molar-refractivity contribution in [2.24, 2.45) is 4.99 Å². The molecule has 4 rings (SSSR count). The summed E-state index contributed by atoms with van der Waals surface area (Å²) in [6.45, 7) is 3.01. The fourth-order valence-corrected chi connectivity index (χ4v) is 3.94. The minimum Gasteiger partial charge on any atom is -0.492 e. The number of aliphatic imine (C=N–C) groups is 1. The van der Waals surface area contributed by atoms with Gasteiger partial charge in [0.05, 0.1) is 23.8 Å². The summed E-state index contributed by atoms with van der Waals surface area (Å²) in [4.78, 5) is 11.6. The lowest BCUT2D eigenvalue weighted by Gasteiger charge is -2.25. The molecule has 1 saturated heterocycles. The summed E-state index contributed by atoms with van der Waals surface area (Å²) in [6, 6.07) is 5.98. The van der Waals surface area contributed by atoms with Crippen LogP contribution >= 0.6 is 27.3 Å². The Hall–Kier alpha value is -1.70. The van der Waals surface area contributed by atoms with E-state index in [0.29, 0.717) is 13.2 Å². The van der Waals surface area contributed by atoms with Crippen LogP contribution in [0, 0.1) is 0 Å². The molecule has 0 spiro atoms. The van der Waals surface area contributed by atoms with Gasteiger partial charge >= 0.3 is 0 Å². The molecule has 5 nitrogen and oxygen atoms in total. The van der Waals surface area contributed by atoms with Crippen molar-refractivity contribution in [2.75, 3.05) is 31.2 Å². The van der Waals surface area contributed by atoms with E-state index in [0.717, 1.165) is 44.4 Å². The number of hydrogen-bond donors (Lipinski definition) is 1. The van der Waals surface area contributed by atoms with Gasteiger partial charge in [-0.05, 0) is 24.3 Å². The molecule has 1 aromatic carbocycles. The van der Waals surface area contributed by atoms with Gasteiger partial charge in [0.1, 0.15) is 0 Å².